The van der Waals surface area contributed by atoms with Crippen molar-refractivity contribution in [3.63, 3.8) is 0 Å². The lowest BCUT2D eigenvalue weighted by Gasteiger charge is -2.30. The molecule has 1 saturated heterocycles. The van der Waals surface area contributed by atoms with Crippen molar-refractivity contribution in [3.8, 4) is 0 Å². The van der Waals surface area contributed by atoms with E-state index in [1.165, 1.54) is 24.2 Å². The molecule has 3 atom stereocenters. The summed E-state index contributed by atoms with van der Waals surface area (Å²) in [5.41, 5.74) is 1.25. The molecule has 0 spiro atoms. The van der Waals surface area contributed by atoms with Crippen molar-refractivity contribution in [1.29, 1.82) is 0 Å². The van der Waals surface area contributed by atoms with Crippen molar-refractivity contribution in [2.24, 2.45) is 11.8 Å². The molecule has 0 aromatic heterocycles. The normalized spacial score (nSPS) is 20.7. The van der Waals surface area contributed by atoms with E-state index in [0.717, 1.165) is 5.56 Å². The second-order valence-corrected chi connectivity index (χ2v) is 8.17. The summed E-state index contributed by atoms with van der Waals surface area (Å²) in [5.74, 6) is -0.743. The van der Waals surface area contributed by atoms with Crippen LogP contribution in [0.4, 0.5) is 4.39 Å². The molecule has 1 fully saturated rings. The van der Waals surface area contributed by atoms with Crippen LogP contribution in [0.1, 0.15) is 52.5 Å². The first-order valence-corrected chi connectivity index (χ1v) is 9.33. The number of carbonyl (C=O) groups excluding carboxylic acids is 2. The lowest BCUT2D eigenvalue weighted by molar-refractivity contribution is -0.146. The summed E-state index contributed by atoms with van der Waals surface area (Å²) in [4.78, 5) is 23.0. The van der Waals surface area contributed by atoms with E-state index >= 15 is 0 Å². The summed E-state index contributed by atoms with van der Waals surface area (Å²) >= 11 is 0. The minimum Gasteiger partial charge on any atom is -0.462 e. The van der Waals surface area contributed by atoms with E-state index < -0.39 is 5.60 Å². The Labute approximate surface area is 160 Å². The van der Waals surface area contributed by atoms with Gasteiger partial charge in [-0.1, -0.05) is 23.8 Å². The fraction of sp³-hybridized carbons (Fsp3) is 0.545. The van der Waals surface area contributed by atoms with Crippen molar-refractivity contribution in [2.45, 2.75) is 65.1 Å². The van der Waals surface area contributed by atoms with Gasteiger partial charge in [0.05, 0.1) is 5.92 Å². The van der Waals surface area contributed by atoms with Gasteiger partial charge in [-0.3, -0.25) is 4.79 Å². The maximum Gasteiger partial charge on any atom is 0.418 e. The van der Waals surface area contributed by atoms with Gasteiger partial charge in [-0.2, -0.15) is 0 Å². The second kappa shape index (κ2) is 9.16. The summed E-state index contributed by atoms with van der Waals surface area (Å²) < 4.78 is 24.3. The van der Waals surface area contributed by atoms with Crippen LogP contribution in [0.25, 0.3) is 0 Å². The molecule has 0 saturated carbocycles. The molecule has 1 aromatic rings. The van der Waals surface area contributed by atoms with Crippen LogP contribution < -0.4 is 0 Å². The number of rotatable bonds is 9. The Morgan fingerprint density at radius 2 is 2.19 bits per heavy atom. The van der Waals surface area contributed by atoms with Crippen LogP contribution in [0.15, 0.2) is 35.9 Å². The van der Waals surface area contributed by atoms with Crippen LogP contribution in [0.5, 0.6) is 0 Å². The average Bonchev–Trinajstić information content (AvgIpc) is 2.93. The summed E-state index contributed by atoms with van der Waals surface area (Å²) in [7, 11) is 0. The molecule has 0 bridgehead atoms. The molecular weight excluding hydrogens is 347 g/mol. The molecule has 1 aliphatic rings. The molecule has 0 aliphatic carbocycles. The zero-order valence-electron chi connectivity index (χ0n) is 16.5. The van der Waals surface area contributed by atoms with Gasteiger partial charge >= 0.3 is 12.4 Å². The van der Waals surface area contributed by atoms with Crippen LogP contribution in [0, 0.1) is 17.7 Å². The van der Waals surface area contributed by atoms with E-state index in [-0.39, 0.29) is 29.7 Å². The number of hydrogen-bond acceptors (Lipinski definition) is 4. The first kappa shape index (κ1) is 21.1. The van der Waals surface area contributed by atoms with Crippen LogP contribution in [0.3, 0.4) is 0 Å². The van der Waals surface area contributed by atoms with Gasteiger partial charge in [0.1, 0.15) is 17.5 Å². The third-order valence-electron chi connectivity index (χ3n) is 4.91. The molecule has 4 nitrogen and oxygen atoms in total. The molecule has 0 N–H and O–H groups in total. The van der Waals surface area contributed by atoms with Crippen molar-refractivity contribution >= 4 is 12.4 Å². The smallest absolute Gasteiger partial charge is 0.418 e. The van der Waals surface area contributed by atoms with E-state index in [1.807, 2.05) is 26.0 Å². The lowest BCUT2D eigenvalue weighted by Crippen LogP contribution is -2.33. The molecule has 0 amide bonds. The Morgan fingerprint density at radius 3 is 2.81 bits per heavy atom. The largest absolute Gasteiger partial charge is 0.462 e. The minimum absolute atomic E-state index is 0.0872. The quantitative estimate of drug-likeness (QED) is 0.470. The number of allylic oxidation sites excluding steroid dienone is 2. The molecule has 1 heterocycles. The van der Waals surface area contributed by atoms with Gasteiger partial charge in [0.2, 0.25) is 0 Å². The molecule has 147 valence electrons. The van der Waals surface area contributed by atoms with Gasteiger partial charge in [0.15, 0.2) is 0 Å². The summed E-state index contributed by atoms with van der Waals surface area (Å²) in [6.07, 6.45) is 4.06. The number of halogens is 1. The van der Waals surface area contributed by atoms with E-state index in [2.05, 4.69) is 0 Å². The molecule has 27 heavy (non-hydrogen) atoms. The third kappa shape index (κ3) is 6.49. The van der Waals surface area contributed by atoms with Crippen molar-refractivity contribution in [3.05, 3.63) is 47.3 Å². The first-order chi connectivity index (χ1) is 12.7. The molecule has 2 rings (SSSR count). The average molecular weight is 375 g/mol. The minimum atomic E-state index is -0.746. The summed E-state index contributed by atoms with van der Waals surface area (Å²) in [6, 6.07) is 6.41. The second-order valence-electron chi connectivity index (χ2n) is 8.17. The Hall–Kier alpha value is -2.17. The fourth-order valence-electron chi connectivity index (χ4n) is 3.62. The van der Waals surface area contributed by atoms with E-state index in [9.17, 15) is 14.0 Å². The number of cyclic esters (lactones) is 1. The van der Waals surface area contributed by atoms with Crippen LogP contribution in [-0.2, 0) is 25.5 Å². The van der Waals surface area contributed by atoms with Gasteiger partial charge in [-0.05, 0) is 71.1 Å². The highest BCUT2D eigenvalue weighted by molar-refractivity contribution is 5.74. The number of ether oxygens (including phenoxy) is 2. The molecule has 1 aromatic carbocycles. The zero-order chi connectivity index (χ0) is 20.0. The third-order valence-corrected chi connectivity index (χ3v) is 4.91. The topological polar surface area (TPSA) is 52.6 Å². The highest BCUT2D eigenvalue weighted by Gasteiger charge is 2.40. The van der Waals surface area contributed by atoms with E-state index in [0.29, 0.717) is 25.7 Å². The van der Waals surface area contributed by atoms with Gasteiger partial charge in [0, 0.05) is 5.92 Å². The molecule has 5 heteroatoms. The van der Waals surface area contributed by atoms with Crippen LogP contribution >= 0.6 is 0 Å². The van der Waals surface area contributed by atoms with Crippen LogP contribution in [0.2, 0.25) is 0 Å². The van der Waals surface area contributed by atoms with Gasteiger partial charge in [0.25, 0.3) is 0 Å². The maximum absolute atomic E-state index is 13.6. The van der Waals surface area contributed by atoms with Gasteiger partial charge in [-0.25, -0.2) is 9.18 Å². The zero-order valence-corrected chi connectivity index (χ0v) is 16.5. The maximum atomic E-state index is 13.6. The monoisotopic (exact) mass is 375 g/mol. The Balaban J connectivity index is 2.17. The van der Waals surface area contributed by atoms with Crippen molar-refractivity contribution in [1.82, 2.24) is 0 Å². The van der Waals surface area contributed by atoms with Crippen molar-refractivity contribution < 1.29 is 23.5 Å². The Morgan fingerprint density at radius 1 is 1.44 bits per heavy atom. The van der Waals surface area contributed by atoms with Gasteiger partial charge in [-0.15, -0.1) is 0 Å². The predicted molar refractivity (Wildman–Crippen MR) is 101 cm³/mol. The summed E-state index contributed by atoms with van der Waals surface area (Å²) in [6.45, 7) is 9.10. The molecule has 1 aliphatic heterocycles. The van der Waals surface area contributed by atoms with Crippen molar-refractivity contribution in [2.75, 3.05) is 0 Å². The lowest BCUT2D eigenvalue weighted by atomic mass is 9.82. The highest BCUT2D eigenvalue weighted by Crippen LogP contribution is 2.35. The van der Waals surface area contributed by atoms with Gasteiger partial charge < -0.3 is 9.47 Å². The van der Waals surface area contributed by atoms with Crippen LogP contribution in [-0.4, -0.2) is 24.1 Å². The Kier molecular flexibility index (Phi) is 7.17. The number of benzene rings is 1. The first-order valence-electron chi connectivity index (χ1n) is 9.33. The summed E-state index contributed by atoms with van der Waals surface area (Å²) in [5, 5.41) is 0. The number of carbonyl (C=O) groups is 1. The highest BCUT2D eigenvalue weighted by atomic mass is 19.1. The molecular formula is C22H28FO4. The number of hydrogen-bond donors (Lipinski definition) is 0. The molecule has 3 unspecified atom stereocenters. The molecule has 1 radical (unpaired) electrons. The van der Waals surface area contributed by atoms with E-state index in [1.54, 1.807) is 19.9 Å². The standard InChI is InChI=1S/C22H28FO4/c1-15(2)8-9-17-12-20(27-21(17)25)18(13-22(3,4)26-14-24)10-16-6-5-7-19(23)11-16/h5-8,11,17-18,20H,9-10,12-13H2,1-4H3. The predicted octanol–water partition coefficient (Wildman–Crippen LogP) is 4.52. The fourth-order valence-corrected chi connectivity index (χ4v) is 3.62. The number of esters is 1. The van der Waals surface area contributed by atoms with E-state index in [4.69, 9.17) is 9.47 Å². The SMILES string of the molecule is CC(C)=CCC1CC(C(Cc2cccc(F)c2)CC(C)(C)O[C]=O)OC1=O. The Bertz CT molecular complexity index is 691.